The molecular formula is C18H19ClF4N6OS. The number of halogens is 5. The maximum Gasteiger partial charge on any atom is 0.342 e. The molecule has 0 spiro atoms. The zero-order valence-electron chi connectivity index (χ0n) is 15.9. The molecule has 0 radical (unpaired) electrons. The number of carbonyl (C=O) groups excluding carboxylic acids is 1. The smallest absolute Gasteiger partial charge is 0.342 e. The fourth-order valence-electron chi connectivity index (χ4n) is 3.49. The van der Waals surface area contributed by atoms with Gasteiger partial charge in [-0.25, -0.2) is 19.6 Å². The maximum atomic E-state index is 13.9. The third-order valence-electron chi connectivity index (χ3n) is 4.89. The van der Waals surface area contributed by atoms with Gasteiger partial charge >= 0.3 is 6.55 Å². The van der Waals surface area contributed by atoms with Crippen LogP contribution in [0.5, 0.6) is 0 Å². The Kier molecular flexibility index (Phi) is 7.02. The van der Waals surface area contributed by atoms with Gasteiger partial charge in [0.05, 0.1) is 12.1 Å². The number of rotatable bonds is 7. The zero-order chi connectivity index (χ0) is 22.8. The minimum atomic E-state index is -3.03. The highest BCUT2D eigenvalue weighted by Crippen LogP contribution is 2.46. The van der Waals surface area contributed by atoms with E-state index in [4.69, 9.17) is 23.2 Å². The summed E-state index contributed by atoms with van der Waals surface area (Å²) in [6.45, 7) is -3.03. The van der Waals surface area contributed by atoms with E-state index in [9.17, 15) is 22.4 Å². The van der Waals surface area contributed by atoms with Gasteiger partial charge in [-0.05, 0) is 17.9 Å². The molecule has 1 aromatic carbocycles. The van der Waals surface area contributed by atoms with E-state index in [0.29, 0.717) is 9.90 Å². The standard InChI is InChI=1S/C18H19ClF4N6OS/c19-12-8-26-17(31-12)27-15(30)13(11-5-6-18(22,23)7-11)9-1-3-10(4-2-9)14(24)28-29(25)16(20)21/h1-4,8,11,13,16H,5-7,25H2,(H2,24,28)(H,26,27,30). The molecule has 0 aliphatic heterocycles. The van der Waals surface area contributed by atoms with Crippen LogP contribution < -0.4 is 16.9 Å². The van der Waals surface area contributed by atoms with Crippen LogP contribution in [0, 0.1) is 5.92 Å². The second kappa shape index (κ2) is 9.37. The number of nitrogens with two attached hydrogens (primary N) is 2. The highest BCUT2D eigenvalue weighted by molar-refractivity contribution is 7.19. The van der Waals surface area contributed by atoms with Crippen LogP contribution in [0.1, 0.15) is 36.3 Å². The lowest BCUT2D eigenvalue weighted by molar-refractivity contribution is -0.118. The van der Waals surface area contributed by atoms with Crippen molar-refractivity contribution >= 4 is 39.8 Å². The number of hydrazine groups is 1. The summed E-state index contributed by atoms with van der Waals surface area (Å²) in [5.41, 5.74) is 6.43. The Hall–Kier alpha value is -2.44. The summed E-state index contributed by atoms with van der Waals surface area (Å²) in [5, 5.41) is 6.17. The Labute approximate surface area is 184 Å². The fourth-order valence-corrected chi connectivity index (χ4v) is 4.30. The SMILES string of the molecule is N/C(=N\N(N)C(F)F)c1ccc(C(C(=O)Nc2ncc(Cl)s2)C2CCC(F)(F)C2)cc1. The molecule has 1 aliphatic rings. The highest BCUT2D eigenvalue weighted by Gasteiger charge is 2.45. The number of hydrazone groups is 1. The van der Waals surface area contributed by atoms with Crippen molar-refractivity contribution in [1.82, 2.24) is 10.1 Å². The normalized spacial score (nSPS) is 19.5. The molecular weight excluding hydrogens is 460 g/mol. The largest absolute Gasteiger partial charge is 0.382 e. The lowest BCUT2D eigenvalue weighted by atomic mass is 9.83. The van der Waals surface area contributed by atoms with Crippen molar-refractivity contribution in [2.75, 3.05) is 5.32 Å². The number of carbonyl (C=O) groups is 1. The van der Waals surface area contributed by atoms with Gasteiger partial charge in [0.15, 0.2) is 11.0 Å². The Morgan fingerprint density at radius 1 is 1.35 bits per heavy atom. The van der Waals surface area contributed by atoms with Crippen LogP contribution >= 0.6 is 22.9 Å². The zero-order valence-corrected chi connectivity index (χ0v) is 17.5. The van der Waals surface area contributed by atoms with Gasteiger partial charge in [0.2, 0.25) is 11.8 Å². The minimum absolute atomic E-state index is 0.0841. The van der Waals surface area contributed by atoms with E-state index >= 15 is 0 Å². The Bertz CT molecular complexity index is 955. The molecule has 5 N–H and O–H groups in total. The second-order valence-electron chi connectivity index (χ2n) is 7.06. The van der Waals surface area contributed by atoms with E-state index in [1.54, 1.807) is 0 Å². The molecule has 3 rings (SSSR count). The summed E-state index contributed by atoms with van der Waals surface area (Å²) < 4.78 is 53.1. The monoisotopic (exact) mass is 478 g/mol. The van der Waals surface area contributed by atoms with Crippen LogP contribution in [0.15, 0.2) is 35.6 Å². The first-order valence-electron chi connectivity index (χ1n) is 9.12. The van der Waals surface area contributed by atoms with Gasteiger partial charge in [-0.1, -0.05) is 47.2 Å². The van der Waals surface area contributed by atoms with Crippen molar-refractivity contribution in [3.63, 3.8) is 0 Å². The van der Waals surface area contributed by atoms with Gasteiger partial charge in [-0.15, -0.1) is 5.10 Å². The molecule has 0 saturated heterocycles. The Morgan fingerprint density at radius 2 is 2.03 bits per heavy atom. The van der Waals surface area contributed by atoms with Gasteiger partial charge < -0.3 is 11.1 Å². The van der Waals surface area contributed by atoms with Crippen molar-refractivity contribution in [2.24, 2.45) is 22.6 Å². The van der Waals surface area contributed by atoms with E-state index < -0.39 is 36.6 Å². The van der Waals surface area contributed by atoms with Crippen molar-refractivity contribution in [1.29, 1.82) is 0 Å². The van der Waals surface area contributed by atoms with E-state index in [2.05, 4.69) is 15.4 Å². The fraction of sp³-hybridized carbons (Fsp3) is 0.389. The van der Waals surface area contributed by atoms with Gasteiger partial charge in [0, 0.05) is 18.4 Å². The Morgan fingerprint density at radius 3 is 2.55 bits per heavy atom. The average Bonchev–Trinajstić information content (AvgIpc) is 3.26. The van der Waals surface area contributed by atoms with E-state index in [-0.39, 0.29) is 34.5 Å². The molecule has 1 amide bonds. The third kappa shape index (κ3) is 5.83. The number of nitrogens with zero attached hydrogens (tertiary/aromatic N) is 3. The van der Waals surface area contributed by atoms with E-state index in [1.165, 1.54) is 30.5 Å². The quantitative estimate of drug-likeness (QED) is 0.139. The van der Waals surface area contributed by atoms with Crippen LogP contribution in [-0.4, -0.2) is 34.3 Å². The molecule has 168 valence electrons. The number of benzene rings is 1. The van der Waals surface area contributed by atoms with Crippen LogP contribution in [0.4, 0.5) is 22.7 Å². The topological polar surface area (TPSA) is 110 Å². The first-order chi connectivity index (χ1) is 14.6. The van der Waals surface area contributed by atoms with Crippen LogP contribution in [0.25, 0.3) is 0 Å². The number of aromatic nitrogens is 1. The first-order valence-corrected chi connectivity index (χ1v) is 10.3. The lowest BCUT2D eigenvalue weighted by Crippen LogP contribution is -2.33. The molecule has 1 aromatic heterocycles. The number of alkyl halides is 4. The predicted octanol–water partition coefficient (Wildman–Crippen LogP) is 3.97. The molecule has 0 bridgehead atoms. The predicted molar refractivity (Wildman–Crippen MR) is 110 cm³/mol. The number of amidine groups is 1. The van der Waals surface area contributed by atoms with Gasteiger partial charge in [0.25, 0.3) is 0 Å². The summed E-state index contributed by atoms with van der Waals surface area (Å²) >= 11 is 6.88. The molecule has 1 heterocycles. The van der Waals surface area contributed by atoms with Crippen molar-refractivity contribution in [2.45, 2.75) is 37.7 Å². The van der Waals surface area contributed by atoms with Crippen molar-refractivity contribution in [3.05, 3.63) is 45.9 Å². The third-order valence-corrected chi connectivity index (χ3v) is 5.92. The number of hydrogen-bond donors (Lipinski definition) is 3. The van der Waals surface area contributed by atoms with Gasteiger partial charge in [-0.3, -0.25) is 4.79 Å². The summed E-state index contributed by atoms with van der Waals surface area (Å²) in [6.07, 6.45) is 0.816. The number of thiazole rings is 1. The van der Waals surface area contributed by atoms with Crippen LogP contribution in [0.3, 0.4) is 0 Å². The number of hydrogen-bond acceptors (Lipinski definition) is 6. The number of amides is 1. The van der Waals surface area contributed by atoms with Crippen molar-refractivity contribution in [3.8, 4) is 0 Å². The van der Waals surface area contributed by atoms with Gasteiger partial charge in [0.1, 0.15) is 4.34 Å². The Balaban J connectivity index is 1.85. The van der Waals surface area contributed by atoms with E-state index in [0.717, 1.165) is 11.3 Å². The molecule has 13 heteroatoms. The minimum Gasteiger partial charge on any atom is -0.382 e. The van der Waals surface area contributed by atoms with Gasteiger partial charge in [-0.2, -0.15) is 13.9 Å². The summed E-state index contributed by atoms with van der Waals surface area (Å²) in [5.74, 6) is -0.0408. The van der Waals surface area contributed by atoms with Crippen LogP contribution in [0.2, 0.25) is 4.34 Å². The number of anilines is 1. The molecule has 2 unspecified atom stereocenters. The van der Waals surface area contributed by atoms with Crippen LogP contribution in [-0.2, 0) is 4.79 Å². The second-order valence-corrected chi connectivity index (χ2v) is 8.72. The molecule has 1 fully saturated rings. The molecule has 1 saturated carbocycles. The average molecular weight is 479 g/mol. The molecule has 31 heavy (non-hydrogen) atoms. The summed E-state index contributed by atoms with van der Waals surface area (Å²) in [7, 11) is 0. The van der Waals surface area contributed by atoms with Crippen molar-refractivity contribution < 1.29 is 22.4 Å². The first kappa shape index (κ1) is 23.2. The number of nitrogens with one attached hydrogen (secondary N) is 1. The summed E-state index contributed by atoms with van der Waals surface area (Å²) in [4.78, 5) is 16.9. The molecule has 2 aromatic rings. The molecule has 2 atom stereocenters. The molecule has 1 aliphatic carbocycles. The summed E-state index contributed by atoms with van der Waals surface area (Å²) in [6, 6.07) is 5.97. The van der Waals surface area contributed by atoms with E-state index in [1.807, 2.05) is 0 Å². The maximum absolute atomic E-state index is 13.9. The lowest BCUT2D eigenvalue weighted by Gasteiger charge is -2.23. The molecule has 7 nitrogen and oxygen atoms in total. The highest BCUT2D eigenvalue weighted by atomic mass is 35.5.